The number of hydrogen-bond acceptors (Lipinski definition) is 5. The first-order chi connectivity index (χ1) is 14.2. The summed E-state index contributed by atoms with van der Waals surface area (Å²) in [7, 11) is 0. The fourth-order valence-corrected chi connectivity index (χ4v) is 4.88. The second-order valence-electron chi connectivity index (χ2n) is 6.16. The fourth-order valence-electron chi connectivity index (χ4n) is 2.76. The van der Waals surface area contributed by atoms with Gasteiger partial charge in [-0.25, -0.2) is 4.98 Å². The predicted molar refractivity (Wildman–Crippen MR) is 108 cm³/mol. The molecule has 0 radical (unpaired) electrons. The van der Waals surface area contributed by atoms with Crippen molar-refractivity contribution >= 4 is 52.2 Å². The van der Waals surface area contributed by atoms with Gasteiger partial charge in [-0.15, -0.1) is 11.3 Å². The molecular weight excluding hydrogens is 459 g/mol. The number of nitrogens with zero attached hydrogens (tertiary/aromatic N) is 1. The number of carbonyl (C=O) groups is 2. The van der Waals surface area contributed by atoms with Gasteiger partial charge in [-0.05, 0) is 24.3 Å². The van der Waals surface area contributed by atoms with E-state index in [1.54, 1.807) is 18.2 Å². The lowest BCUT2D eigenvalue weighted by Gasteiger charge is -2.12. The van der Waals surface area contributed by atoms with E-state index < -0.39 is 17.1 Å². The molecule has 154 valence electrons. The van der Waals surface area contributed by atoms with Gasteiger partial charge in [-0.2, -0.15) is 13.2 Å². The van der Waals surface area contributed by atoms with Gasteiger partial charge in [0, 0.05) is 20.9 Å². The average molecular weight is 470 g/mol. The maximum absolute atomic E-state index is 12.6. The van der Waals surface area contributed by atoms with Crippen LogP contribution < -0.4 is 10.6 Å². The molecule has 2 amide bonds. The maximum atomic E-state index is 12.6. The number of thiazole rings is 1. The minimum Gasteiger partial charge on any atom is -0.347 e. The lowest BCUT2D eigenvalue weighted by molar-refractivity contribution is -0.137. The number of halogens is 4. The summed E-state index contributed by atoms with van der Waals surface area (Å²) in [5, 5.41) is 4.34. The third kappa shape index (κ3) is 4.03. The first-order valence-corrected chi connectivity index (χ1v) is 10.5. The monoisotopic (exact) mass is 469 g/mol. The highest BCUT2D eigenvalue weighted by Gasteiger charge is 2.34. The quantitative estimate of drug-likeness (QED) is 0.534. The van der Waals surface area contributed by atoms with E-state index in [4.69, 9.17) is 11.6 Å². The number of carbonyl (C=O) groups excluding carboxylic acids is 2. The normalized spacial score (nSPS) is 13.1. The molecule has 2 N–H and O–H groups in total. The minimum absolute atomic E-state index is 0.0546. The van der Waals surface area contributed by atoms with Crippen LogP contribution in [-0.2, 0) is 12.7 Å². The van der Waals surface area contributed by atoms with Crippen molar-refractivity contribution in [2.75, 3.05) is 5.32 Å². The average Bonchev–Trinajstić information content (AvgIpc) is 3.13. The lowest BCUT2D eigenvalue weighted by Crippen LogP contribution is -2.23. The third-order valence-electron chi connectivity index (χ3n) is 4.16. The highest BCUT2D eigenvalue weighted by Crippen LogP contribution is 2.43. The van der Waals surface area contributed by atoms with Crippen molar-refractivity contribution in [3.05, 3.63) is 68.6 Å². The Kier molecular flexibility index (Phi) is 5.48. The predicted octanol–water partition coefficient (Wildman–Crippen LogP) is 5.46. The van der Waals surface area contributed by atoms with E-state index in [9.17, 15) is 22.8 Å². The zero-order chi connectivity index (χ0) is 21.5. The number of fused-ring (bicyclic) bond motifs is 2. The van der Waals surface area contributed by atoms with Crippen LogP contribution in [0, 0.1) is 0 Å². The van der Waals surface area contributed by atoms with Crippen LogP contribution in [0.15, 0.2) is 52.4 Å². The van der Waals surface area contributed by atoms with Crippen molar-refractivity contribution in [2.24, 2.45) is 0 Å². The summed E-state index contributed by atoms with van der Waals surface area (Å²) in [6, 6.07) is 10.2. The highest BCUT2D eigenvalue weighted by molar-refractivity contribution is 7.99. The number of nitrogens with one attached hydrogen (secondary N) is 2. The topological polar surface area (TPSA) is 71.1 Å². The molecule has 2 aromatic carbocycles. The molecular formula is C19H11ClF3N3O2S2. The van der Waals surface area contributed by atoms with Crippen molar-refractivity contribution in [3.63, 3.8) is 0 Å². The molecule has 1 aliphatic heterocycles. The number of aromatic nitrogens is 1. The molecule has 4 rings (SSSR count). The van der Waals surface area contributed by atoms with E-state index >= 15 is 0 Å². The molecule has 0 fully saturated rings. The Morgan fingerprint density at radius 1 is 1.17 bits per heavy atom. The lowest BCUT2D eigenvalue weighted by atomic mass is 10.1. The molecule has 1 aromatic heterocycles. The van der Waals surface area contributed by atoms with Crippen molar-refractivity contribution in [1.82, 2.24) is 10.3 Å². The van der Waals surface area contributed by atoms with Gasteiger partial charge in [0.2, 0.25) is 0 Å². The highest BCUT2D eigenvalue weighted by atomic mass is 35.5. The Morgan fingerprint density at radius 3 is 2.67 bits per heavy atom. The molecule has 11 heteroatoms. The van der Waals surface area contributed by atoms with Gasteiger partial charge in [0.15, 0.2) is 5.01 Å². The fraction of sp³-hybridized carbons (Fsp3) is 0.105. The van der Waals surface area contributed by atoms with Crippen molar-refractivity contribution in [2.45, 2.75) is 22.5 Å². The van der Waals surface area contributed by atoms with E-state index in [1.807, 2.05) is 12.1 Å². The van der Waals surface area contributed by atoms with Crippen molar-refractivity contribution in [1.29, 1.82) is 0 Å². The summed E-state index contributed by atoms with van der Waals surface area (Å²) >= 11 is 8.20. The second-order valence-corrected chi connectivity index (χ2v) is 8.74. The number of anilines is 1. The molecule has 5 nitrogen and oxygen atoms in total. The maximum Gasteiger partial charge on any atom is 0.443 e. The molecule has 3 aromatic rings. The molecule has 30 heavy (non-hydrogen) atoms. The zero-order valence-electron chi connectivity index (χ0n) is 14.8. The van der Waals surface area contributed by atoms with E-state index in [0.717, 1.165) is 11.1 Å². The number of alkyl halides is 3. The number of amides is 2. The third-order valence-corrected chi connectivity index (χ3v) is 6.73. The van der Waals surface area contributed by atoms with Crippen molar-refractivity contribution in [3.8, 4) is 0 Å². The summed E-state index contributed by atoms with van der Waals surface area (Å²) in [5.74, 6) is -0.925. The smallest absolute Gasteiger partial charge is 0.347 e. The second kappa shape index (κ2) is 7.93. The van der Waals surface area contributed by atoms with E-state index in [2.05, 4.69) is 15.6 Å². The molecule has 0 bridgehead atoms. The van der Waals surface area contributed by atoms with Gasteiger partial charge in [-0.3, -0.25) is 9.59 Å². The molecule has 2 heterocycles. The molecule has 0 unspecified atom stereocenters. The van der Waals surface area contributed by atoms with Gasteiger partial charge < -0.3 is 10.6 Å². The molecule has 0 spiro atoms. The Labute approximate surface area is 181 Å². The number of hydrogen-bond donors (Lipinski definition) is 2. The van der Waals surface area contributed by atoms with Gasteiger partial charge in [0.25, 0.3) is 11.8 Å². The van der Waals surface area contributed by atoms with Gasteiger partial charge in [-0.1, -0.05) is 35.5 Å². The van der Waals surface area contributed by atoms with E-state index in [-0.39, 0.29) is 27.9 Å². The molecule has 1 aliphatic rings. The van der Waals surface area contributed by atoms with Crippen molar-refractivity contribution < 1.29 is 22.8 Å². The molecule has 0 aliphatic carbocycles. The van der Waals surface area contributed by atoms with Gasteiger partial charge in [0.05, 0.1) is 28.4 Å². The summed E-state index contributed by atoms with van der Waals surface area (Å²) in [6.07, 6.45) is -3.46. The zero-order valence-corrected chi connectivity index (χ0v) is 17.2. The SMILES string of the molecule is O=C1Nc2c(ccc(C(=O)NCc3cnc(C(F)(F)F)s3)c2Cl)Sc2ccccc21. The molecule has 0 saturated carbocycles. The number of rotatable bonds is 3. The van der Waals surface area contributed by atoms with Crippen LogP contribution in [0.25, 0.3) is 0 Å². The van der Waals surface area contributed by atoms with Crippen LogP contribution in [0.3, 0.4) is 0 Å². The molecule has 0 atom stereocenters. The van der Waals surface area contributed by atoms with Gasteiger partial charge in [0.1, 0.15) is 0 Å². The van der Waals surface area contributed by atoms with Gasteiger partial charge >= 0.3 is 6.18 Å². The summed E-state index contributed by atoms with van der Waals surface area (Å²) in [6.45, 7) is -0.132. The van der Waals surface area contributed by atoms with Crippen LogP contribution in [0.2, 0.25) is 5.02 Å². The van der Waals surface area contributed by atoms with E-state index in [1.165, 1.54) is 17.8 Å². The first kappa shape index (κ1) is 20.7. The molecule has 0 saturated heterocycles. The Morgan fingerprint density at radius 2 is 1.93 bits per heavy atom. The largest absolute Gasteiger partial charge is 0.443 e. The summed E-state index contributed by atoms with van der Waals surface area (Å²) in [5.41, 5.74) is 0.905. The Balaban J connectivity index is 1.55. The van der Waals surface area contributed by atoms with Crippen LogP contribution in [0.5, 0.6) is 0 Å². The van der Waals surface area contributed by atoms with Crippen LogP contribution in [-0.4, -0.2) is 16.8 Å². The standard InChI is InChI=1S/C19H11ClF3N3O2S2/c20-14-11(16(27)24-7-9-8-25-18(29-9)19(21,22)23)5-6-13-15(14)26-17(28)10-3-1-2-4-12(10)30-13/h1-6,8H,7H2,(H,24,27)(H,26,28). The van der Waals surface area contributed by atoms with Crippen LogP contribution in [0.1, 0.15) is 30.6 Å². The minimum atomic E-state index is -4.53. The first-order valence-electron chi connectivity index (χ1n) is 8.45. The Bertz CT molecular complexity index is 1160. The van der Waals surface area contributed by atoms with E-state index in [0.29, 0.717) is 27.5 Å². The summed E-state index contributed by atoms with van der Waals surface area (Å²) < 4.78 is 37.9. The van der Waals surface area contributed by atoms with Crippen LogP contribution in [0.4, 0.5) is 18.9 Å². The Hall–Kier alpha value is -2.56. The summed E-state index contributed by atoms with van der Waals surface area (Å²) in [4.78, 5) is 30.1. The number of benzene rings is 2. The van der Waals surface area contributed by atoms with Crippen LogP contribution >= 0.6 is 34.7 Å².